The minimum Gasteiger partial charge on any atom is -0.364 e. The molecule has 3 rings (SSSR count). The maximum Gasteiger partial charge on any atom is 0.214 e. The smallest absolute Gasteiger partial charge is 0.214 e. The Morgan fingerprint density at radius 1 is 0.815 bits per heavy atom. The van der Waals surface area contributed by atoms with Crippen LogP contribution >= 0.6 is 0 Å². The average Bonchev–Trinajstić information content (AvgIpc) is 2.74. The Labute approximate surface area is 160 Å². The number of carbonyl (C=O) groups excluding carboxylic acids is 1. The number of hydrogen-bond acceptors (Lipinski definition) is 2. The third kappa shape index (κ3) is 5.57. The maximum absolute atomic E-state index is 11.6. The fourth-order valence-electron chi connectivity index (χ4n) is 2.71. The lowest BCUT2D eigenvalue weighted by molar-refractivity contribution is -0.107. The first-order valence-corrected chi connectivity index (χ1v) is 8.82. The van der Waals surface area contributed by atoms with Crippen molar-refractivity contribution in [1.29, 1.82) is 0 Å². The molecule has 0 aromatic heterocycles. The molecule has 3 aromatic rings. The van der Waals surface area contributed by atoms with E-state index in [2.05, 4.69) is 11.8 Å². The van der Waals surface area contributed by atoms with Gasteiger partial charge in [-0.25, -0.2) is 0 Å². The van der Waals surface area contributed by atoms with Crippen LogP contribution in [0.25, 0.3) is 0 Å². The summed E-state index contributed by atoms with van der Waals surface area (Å²) in [6, 6.07) is 27.6. The predicted molar refractivity (Wildman–Crippen MR) is 108 cm³/mol. The molecule has 0 saturated heterocycles. The number of ether oxygens (including phenoxy) is 1. The molecule has 0 aliphatic carbocycles. The van der Waals surface area contributed by atoms with Gasteiger partial charge >= 0.3 is 0 Å². The Morgan fingerprint density at radius 3 is 2.15 bits per heavy atom. The zero-order valence-corrected chi connectivity index (χ0v) is 15.0. The van der Waals surface area contributed by atoms with E-state index in [-0.39, 0.29) is 0 Å². The average molecular weight is 355 g/mol. The number of hydrogen-bond donors (Lipinski definition) is 0. The first-order valence-electron chi connectivity index (χ1n) is 8.82. The van der Waals surface area contributed by atoms with Crippen molar-refractivity contribution in [3.05, 3.63) is 102 Å². The number of nitrogens with zero attached hydrogens (tertiary/aromatic N) is 1. The highest BCUT2D eigenvalue weighted by Gasteiger charge is 2.09. The van der Waals surface area contributed by atoms with Gasteiger partial charge in [0.1, 0.15) is 6.61 Å². The summed E-state index contributed by atoms with van der Waals surface area (Å²) in [7, 11) is 0. The van der Waals surface area contributed by atoms with Gasteiger partial charge in [0, 0.05) is 5.56 Å². The Hall–Kier alpha value is -3.35. The highest BCUT2D eigenvalue weighted by molar-refractivity contribution is 5.79. The molecular weight excluding hydrogens is 334 g/mol. The van der Waals surface area contributed by atoms with Gasteiger partial charge < -0.3 is 9.64 Å². The molecule has 1 amide bonds. The Kier molecular flexibility index (Phi) is 6.80. The van der Waals surface area contributed by atoms with Crippen molar-refractivity contribution in [2.45, 2.75) is 13.2 Å². The van der Waals surface area contributed by atoms with Crippen LogP contribution in [0.4, 0.5) is 5.69 Å². The van der Waals surface area contributed by atoms with E-state index in [1.807, 2.05) is 84.9 Å². The fourth-order valence-corrected chi connectivity index (χ4v) is 2.71. The van der Waals surface area contributed by atoms with Gasteiger partial charge in [0.05, 0.1) is 18.8 Å². The summed E-state index contributed by atoms with van der Waals surface area (Å²) >= 11 is 0. The van der Waals surface area contributed by atoms with Crippen LogP contribution in [-0.4, -0.2) is 13.0 Å². The summed E-state index contributed by atoms with van der Waals surface area (Å²) in [5.41, 5.74) is 3.80. The molecule has 0 aliphatic heterocycles. The first-order chi connectivity index (χ1) is 13.4. The number of amides is 1. The fraction of sp³-hybridized carbons (Fsp3) is 0.125. The molecular formula is C24H21NO2. The number of rotatable bonds is 7. The SMILES string of the molecule is O=CN(Cc1ccccc1)c1ccccc1C#CCOCc1ccccc1. The molecule has 3 aromatic carbocycles. The van der Waals surface area contributed by atoms with E-state index in [0.29, 0.717) is 19.8 Å². The maximum atomic E-state index is 11.6. The van der Waals surface area contributed by atoms with Crippen LogP contribution in [0.1, 0.15) is 16.7 Å². The zero-order chi connectivity index (χ0) is 18.7. The normalized spacial score (nSPS) is 9.93. The van der Waals surface area contributed by atoms with Gasteiger partial charge in [-0.2, -0.15) is 0 Å². The number of benzene rings is 3. The second-order valence-electron chi connectivity index (χ2n) is 6.02. The molecule has 0 radical (unpaired) electrons. The molecule has 0 atom stereocenters. The monoisotopic (exact) mass is 355 g/mol. The van der Waals surface area contributed by atoms with Gasteiger partial charge in [-0.1, -0.05) is 84.6 Å². The Morgan fingerprint density at radius 2 is 1.44 bits per heavy atom. The third-order valence-corrected chi connectivity index (χ3v) is 4.05. The van der Waals surface area contributed by atoms with E-state index < -0.39 is 0 Å². The highest BCUT2D eigenvalue weighted by atomic mass is 16.5. The van der Waals surface area contributed by atoms with E-state index in [0.717, 1.165) is 28.8 Å². The van der Waals surface area contributed by atoms with Crippen LogP contribution in [0.3, 0.4) is 0 Å². The largest absolute Gasteiger partial charge is 0.364 e. The summed E-state index contributed by atoms with van der Waals surface area (Å²) in [4.78, 5) is 13.3. The van der Waals surface area contributed by atoms with Crippen LogP contribution in [0.2, 0.25) is 0 Å². The lowest BCUT2D eigenvalue weighted by Crippen LogP contribution is -2.21. The molecule has 134 valence electrons. The van der Waals surface area contributed by atoms with Crippen molar-refractivity contribution in [3.63, 3.8) is 0 Å². The number of para-hydroxylation sites is 1. The molecule has 3 nitrogen and oxygen atoms in total. The second kappa shape index (κ2) is 9.96. The van der Waals surface area contributed by atoms with Crippen LogP contribution in [0.5, 0.6) is 0 Å². The molecule has 0 unspecified atom stereocenters. The van der Waals surface area contributed by atoms with Gasteiger partial charge in [-0.15, -0.1) is 0 Å². The highest BCUT2D eigenvalue weighted by Crippen LogP contribution is 2.20. The van der Waals surface area contributed by atoms with Gasteiger partial charge in [0.25, 0.3) is 0 Å². The van der Waals surface area contributed by atoms with E-state index in [4.69, 9.17) is 4.74 Å². The lowest BCUT2D eigenvalue weighted by atomic mass is 10.1. The Bertz CT molecular complexity index is 911. The van der Waals surface area contributed by atoms with Crippen molar-refractivity contribution in [2.24, 2.45) is 0 Å². The third-order valence-electron chi connectivity index (χ3n) is 4.05. The molecule has 0 heterocycles. The van der Waals surface area contributed by atoms with Gasteiger partial charge in [0.15, 0.2) is 0 Å². The summed E-state index contributed by atoms with van der Waals surface area (Å²) < 4.78 is 5.61. The van der Waals surface area contributed by atoms with Crippen molar-refractivity contribution >= 4 is 12.1 Å². The standard InChI is InChI=1S/C24H21NO2/c26-20-25(18-21-10-3-1-4-11-21)24-16-8-7-14-23(24)15-9-17-27-19-22-12-5-2-6-13-22/h1-8,10-14,16,20H,17-19H2. The van der Waals surface area contributed by atoms with Crippen molar-refractivity contribution in [2.75, 3.05) is 11.5 Å². The summed E-state index contributed by atoms with van der Waals surface area (Å²) in [5.74, 6) is 6.16. The number of anilines is 1. The van der Waals surface area contributed by atoms with E-state index in [9.17, 15) is 4.79 Å². The first kappa shape index (κ1) is 18.4. The summed E-state index contributed by atoms with van der Waals surface area (Å²) in [6.07, 6.45) is 0.847. The quantitative estimate of drug-likeness (QED) is 0.357. The Balaban J connectivity index is 1.65. The lowest BCUT2D eigenvalue weighted by Gasteiger charge is -2.19. The summed E-state index contributed by atoms with van der Waals surface area (Å²) in [6.45, 7) is 1.38. The molecule has 0 N–H and O–H groups in total. The van der Waals surface area contributed by atoms with Crippen LogP contribution < -0.4 is 4.90 Å². The zero-order valence-electron chi connectivity index (χ0n) is 15.0. The van der Waals surface area contributed by atoms with Crippen molar-refractivity contribution < 1.29 is 9.53 Å². The predicted octanol–water partition coefficient (Wildman–Crippen LogP) is 4.42. The minimum atomic E-state index is 0.336. The van der Waals surface area contributed by atoms with E-state index >= 15 is 0 Å². The molecule has 0 spiro atoms. The van der Waals surface area contributed by atoms with Gasteiger partial charge in [-0.3, -0.25) is 4.79 Å². The molecule has 0 aliphatic rings. The molecule has 0 saturated carbocycles. The van der Waals surface area contributed by atoms with E-state index in [1.165, 1.54) is 0 Å². The van der Waals surface area contributed by atoms with Crippen LogP contribution in [0, 0.1) is 11.8 Å². The van der Waals surface area contributed by atoms with Crippen molar-refractivity contribution in [1.82, 2.24) is 0 Å². The van der Waals surface area contributed by atoms with Crippen molar-refractivity contribution in [3.8, 4) is 11.8 Å². The molecule has 0 fully saturated rings. The van der Waals surface area contributed by atoms with Crippen LogP contribution in [0.15, 0.2) is 84.9 Å². The molecule has 3 heteroatoms. The van der Waals surface area contributed by atoms with Gasteiger partial charge in [-0.05, 0) is 23.3 Å². The van der Waals surface area contributed by atoms with Crippen LogP contribution in [-0.2, 0) is 22.7 Å². The molecule has 0 bridgehead atoms. The second-order valence-corrected chi connectivity index (χ2v) is 6.02. The molecule has 27 heavy (non-hydrogen) atoms. The van der Waals surface area contributed by atoms with Gasteiger partial charge in [0.2, 0.25) is 6.41 Å². The summed E-state index contributed by atoms with van der Waals surface area (Å²) in [5, 5.41) is 0. The minimum absolute atomic E-state index is 0.336. The topological polar surface area (TPSA) is 29.5 Å². The number of carbonyl (C=O) groups is 1. The van der Waals surface area contributed by atoms with E-state index in [1.54, 1.807) is 4.90 Å².